The highest BCUT2D eigenvalue weighted by Crippen LogP contribution is 2.25. The van der Waals surface area contributed by atoms with Gasteiger partial charge in [0.05, 0.1) is 11.3 Å². The summed E-state index contributed by atoms with van der Waals surface area (Å²) < 4.78 is 1.55. The SMILES string of the molecule is Cl.Cl.NC1CCN(C(=O)c2ccc(-n3ccnc3)c([N+](=O)[O-])c2)CC1. The van der Waals surface area contributed by atoms with Crippen molar-refractivity contribution in [3.63, 3.8) is 0 Å². The fraction of sp³-hybridized carbons (Fsp3) is 0.333. The van der Waals surface area contributed by atoms with Gasteiger partial charge < -0.3 is 15.2 Å². The fourth-order valence-corrected chi connectivity index (χ4v) is 2.71. The molecule has 1 saturated heterocycles. The van der Waals surface area contributed by atoms with E-state index < -0.39 is 4.92 Å². The van der Waals surface area contributed by atoms with Crippen LogP contribution in [0.4, 0.5) is 5.69 Å². The number of carbonyl (C=O) groups excluding carboxylic acids is 1. The Kier molecular flexibility index (Phi) is 7.35. The third kappa shape index (κ3) is 4.47. The van der Waals surface area contributed by atoms with Gasteiger partial charge in [0.15, 0.2) is 0 Å². The second-order valence-electron chi connectivity index (χ2n) is 5.56. The molecule has 0 aliphatic carbocycles. The first kappa shape index (κ1) is 20.9. The molecule has 0 atom stereocenters. The molecule has 0 saturated carbocycles. The molecule has 0 unspecified atom stereocenters. The second-order valence-corrected chi connectivity index (χ2v) is 5.56. The first-order chi connectivity index (χ1) is 11.1. The number of nitrogens with two attached hydrogens (primary N) is 1. The predicted octanol–water partition coefficient (Wildman–Crippen LogP) is 2.19. The van der Waals surface area contributed by atoms with Gasteiger partial charge in [-0.15, -0.1) is 24.8 Å². The van der Waals surface area contributed by atoms with Crippen LogP contribution < -0.4 is 5.73 Å². The van der Waals surface area contributed by atoms with Crippen LogP contribution in [0.1, 0.15) is 23.2 Å². The number of hydrogen-bond donors (Lipinski definition) is 1. The lowest BCUT2D eigenvalue weighted by Gasteiger charge is -2.30. The van der Waals surface area contributed by atoms with Gasteiger partial charge in [-0.2, -0.15) is 0 Å². The molecule has 0 spiro atoms. The van der Waals surface area contributed by atoms with Crippen molar-refractivity contribution in [1.82, 2.24) is 14.5 Å². The summed E-state index contributed by atoms with van der Waals surface area (Å²) in [5.41, 5.74) is 6.41. The molecule has 1 aliphatic rings. The number of aromatic nitrogens is 2. The van der Waals surface area contributed by atoms with E-state index in [0.29, 0.717) is 24.3 Å². The van der Waals surface area contributed by atoms with Crippen molar-refractivity contribution >= 4 is 36.4 Å². The summed E-state index contributed by atoms with van der Waals surface area (Å²) >= 11 is 0. The van der Waals surface area contributed by atoms with Crippen LogP contribution in [0.5, 0.6) is 0 Å². The highest BCUT2D eigenvalue weighted by molar-refractivity contribution is 5.95. The zero-order valence-electron chi connectivity index (χ0n) is 13.3. The monoisotopic (exact) mass is 387 g/mol. The number of benzene rings is 1. The topological polar surface area (TPSA) is 107 Å². The zero-order chi connectivity index (χ0) is 16.4. The number of rotatable bonds is 3. The number of nitro groups is 1. The smallest absolute Gasteiger partial charge is 0.294 e. The minimum atomic E-state index is -0.488. The maximum atomic E-state index is 12.5. The van der Waals surface area contributed by atoms with Crippen molar-refractivity contribution in [2.24, 2.45) is 5.73 Å². The number of piperidine rings is 1. The third-order valence-electron chi connectivity index (χ3n) is 4.03. The Morgan fingerprint density at radius 2 is 1.96 bits per heavy atom. The number of carbonyl (C=O) groups is 1. The van der Waals surface area contributed by atoms with Crippen LogP contribution in [0, 0.1) is 10.1 Å². The molecule has 2 aromatic rings. The highest BCUT2D eigenvalue weighted by Gasteiger charge is 2.24. The number of nitro benzene ring substituents is 1. The van der Waals surface area contributed by atoms with E-state index >= 15 is 0 Å². The van der Waals surface area contributed by atoms with E-state index in [9.17, 15) is 14.9 Å². The lowest BCUT2D eigenvalue weighted by molar-refractivity contribution is -0.384. The number of likely N-dealkylation sites (tertiary alicyclic amines) is 1. The van der Waals surface area contributed by atoms with Gasteiger partial charge in [-0.05, 0) is 25.0 Å². The summed E-state index contributed by atoms with van der Waals surface area (Å²) in [5, 5.41) is 11.3. The van der Waals surface area contributed by atoms with Gasteiger partial charge in [0.1, 0.15) is 5.69 Å². The second kappa shape index (κ2) is 8.80. The maximum Gasteiger partial charge on any atom is 0.294 e. The molecule has 10 heteroatoms. The lowest BCUT2D eigenvalue weighted by atomic mass is 10.0. The molecule has 0 radical (unpaired) electrons. The van der Waals surface area contributed by atoms with Gasteiger partial charge in [0.25, 0.3) is 11.6 Å². The molecule has 1 aliphatic heterocycles. The summed E-state index contributed by atoms with van der Waals surface area (Å²) in [4.78, 5) is 29.0. The van der Waals surface area contributed by atoms with E-state index in [4.69, 9.17) is 5.73 Å². The quantitative estimate of drug-likeness (QED) is 0.641. The van der Waals surface area contributed by atoms with E-state index in [1.807, 2.05) is 0 Å². The van der Waals surface area contributed by atoms with Crippen molar-refractivity contribution in [3.8, 4) is 5.69 Å². The van der Waals surface area contributed by atoms with E-state index in [1.54, 1.807) is 34.0 Å². The van der Waals surface area contributed by atoms with Gasteiger partial charge in [-0.25, -0.2) is 4.98 Å². The molecule has 1 amide bonds. The summed E-state index contributed by atoms with van der Waals surface area (Å²) in [6.07, 6.45) is 6.15. The molecule has 136 valence electrons. The predicted molar refractivity (Wildman–Crippen MR) is 97.8 cm³/mol. The average molecular weight is 388 g/mol. The number of amides is 1. The highest BCUT2D eigenvalue weighted by atomic mass is 35.5. The molecule has 1 aromatic carbocycles. The van der Waals surface area contributed by atoms with Crippen molar-refractivity contribution in [2.75, 3.05) is 13.1 Å². The van der Waals surface area contributed by atoms with E-state index in [1.165, 1.54) is 12.4 Å². The molecule has 3 rings (SSSR count). The van der Waals surface area contributed by atoms with Crippen molar-refractivity contribution in [2.45, 2.75) is 18.9 Å². The van der Waals surface area contributed by atoms with E-state index in [-0.39, 0.29) is 42.5 Å². The number of nitrogens with zero attached hydrogens (tertiary/aromatic N) is 4. The summed E-state index contributed by atoms with van der Waals surface area (Å²) in [6.45, 7) is 1.16. The van der Waals surface area contributed by atoms with Gasteiger partial charge in [0.2, 0.25) is 0 Å². The largest absolute Gasteiger partial charge is 0.339 e. The summed E-state index contributed by atoms with van der Waals surface area (Å²) in [6, 6.07) is 4.63. The summed E-state index contributed by atoms with van der Waals surface area (Å²) in [5.74, 6) is -0.197. The molecule has 0 bridgehead atoms. The Balaban J connectivity index is 0.00000156. The average Bonchev–Trinajstić information content (AvgIpc) is 3.08. The summed E-state index contributed by atoms with van der Waals surface area (Å²) in [7, 11) is 0. The van der Waals surface area contributed by atoms with Crippen LogP contribution in [-0.4, -0.2) is 44.4 Å². The molecule has 8 nitrogen and oxygen atoms in total. The van der Waals surface area contributed by atoms with Crippen LogP contribution in [0.15, 0.2) is 36.9 Å². The standard InChI is InChI=1S/C15H17N5O3.2ClH/c16-12-3-6-18(7-4-12)15(21)11-1-2-13(14(9-11)20(22)23)19-8-5-17-10-19;;/h1-2,5,8-10,12H,3-4,6-7,16H2;2*1H. The molecule has 2 heterocycles. The number of imidazole rings is 1. The van der Waals surface area contributed by atoms with Crippen LogP contribution in [0.3, 0.4) is 0 Å². The van der Waals surface area contributed by atoms with Crippen molar-refractivity contribution in [1.29, 1.82) is 0 Å². The maximum absolute atomic E-state index is 12.5. The minimum absolute atomic E-state index is 0. The van der Waals surface area contributed by atoms with E-state index in [0.717, 1.165) is 12.8 Å². The number of halogens is 2. The first-order valence-corrected chi connectivity index (χ1v) is 7.38. The lowest BCUT2D eigenvalue weighted by Crippen LogP contribution is -2.42. The Labute approximate surface area is 157 Å². The van der Waals surface area contributed by atoms with Gasteiger partial charge in [-0.3, -0.25) is 14.9 Å². The van der Waals surface area contributed by atoms with Gasteiger partial charge in [0, 0.05) is 43.2 Å². The van der Waals surface area contributed by atoms with Crippen molar-refractivity contribution in [3.05, 3.63) is 52.6 Å². The van der Waals surface area contributed by atoms with E-state index in [2.05, 4.69) is 4.98 Å². The first-order valence-electron chi connectivity index (χ1n) is 7.38. The molecule has 1 aromatic heterocycles. The fourth-order valence-electron chi connectivity index (χ4n) is 2.71. The minimum Gasteiger partial charge on any atom is -0.339 e. The normalized spacial score (nSPS) is 14.4. The van der Waals surface area contributed by atoms with Crippen LogP contribution in [-0.2, 0) is 0 Å². The van der Waals surface area contributed by atoms with Gasteiger partial charge >= 0.3 is 0 Å². The molecule has 2 N–H and O–H groups in total. The molecular weight excluding hydrogens is 369 g/mol. The van der Waals surface area contributed by atoms with Crippen LogP contribution in [0.2, 0.25) is 0 Å². The van der Waals surface area contributed by atoms with Crippen molar-refractivity contribution < 1.29 is 9.72 Å². The van der Waals surface area contributed by atoms with Crippen LogP contribution >= 0.6 is 24.8 Å². The van der Waals surface area contributed by atoms with Crippen LogP contribution in [0.25, 0.3) is 5.69 Å². The Hall–Kier alpha value is -2.16. The Bertz CT molecular complexity index is 731. The number of hydrogen-bond acceptors (Lipinski definition) is 5. The molecular formula is C15H19Cl2N5O3. The van der Waals surface area contributed by atoms with Gasteiger partial charge in [-0.1, -0.05) is 0 Å². The molecule has 1 fully saturated rings. The Morgan fingerprint density at radius 1 is 1.28 bits per heavy atom. The zero-order valence-corrected chi connectivity index (χ0v) is 14.9. The third-order valence-corrected chi connectivity index (χ3v) is 4.03. The molecule has 25 heavy (non-hydrogen) atoms. The Morgan fingerprint density at radius 3 is 2.52 bits per heavy atom.